The van der Waals surface area contributed by atoms with Gasteiger partial charge in [-0.15, -0.1) is 0 Å². The molecule has 0 fully saturated rings. The van der Waals surface area contributed by atoms with Gasteiger partial charge in [0, 0.05) is 16.1 Å². The van der Waals surface area contributed by atoms with Crippen LogP contribution in [0.25, 0.3) is 0 Å². The molecule has 26 heavy (non-hydrogen) atoms. The summed E-state index contributed by atoms with van der Waals surface area (Å²) in [7, 11) is 0. The van der Waals surface area contributed by atoms with E-state index in [1.165, 1.54) is 18.2 Å². The molecular formula is C17H13IN2O6. The average Bonchev–Trinajstić information content (AvgIpc) is 2.62. The Morgan fingerprint density at radius 3 is 2.69 bits per heavy atom. The van der Waals surface area contributed by atoms with Crippen molar-refractivity contribution in [3.63, 3.8) is 0 Å². The van der Waals surface area contributed by atoms with Crippen molar-refractivity contribution < 1.29 is 24.0 Å². The van der Waals surface area contributed by atoms with Gasteiger partial charge in [-0.3, -0.25) is 14.9 Å². The Labute approximate surface area is 161 Å². The molecule has 134 valence electrons. The highest BCUT2D eigenvalue weighted by Gasteiger charge is 2.29. The number of nitro groups is 1. The lowest BCUT2D eigenvalue weighted by atomic mass is 10.1. The zero-order valence-corrected chi connectivity index (χ0v) is 15.5. The number of non-ortho nitro benzene ring substituents is 1. The highest BCUT2D eigenvalue weighted by Crippen LogP contribution is 2.33. The van der Waals surface area contributed by atoms with Crippen LogP contribution in [0.2, 0.25) is 0 Å². The van der Waals surface area contributed by atoms with Crippen molar-refractivity contribution in [2.45, 2.75) is 12.5 Å². The maximum Gasteiger partial charge on any atom is 0.338 e. The smallest absolute Gasteiger partial charge is 0.338 e. The van der Waals surface area contributed by atoms with E-state index in [1.807, 2.05) is 0 Å². The molecule has 0 aliphatic carbocycles. The molecule has 2 aromatic rings. The van der Waals surface area contributed by atoms with Crippen molar-refractivity contribution in [1.82, 2.24) is 0 Å². The molecule has 3 rings (SSSR count). The Morgan fingerprint density at radius 1 is 1.27 bits per heavy atom. The van der Waals surface area contributed by atoms with E-state index in [2.05, 4.69) is 27.9 Å². The topological polar surface area (TPSA) is 108 Å². The van der Waals surface area contributed by atoms with Gasteiger partial charge in [-0.25, -0.2) is 4.79 Å². The summed E-state index contributed by atoms with van der Waals surface area (Å²) in [5.41, 5.74) is 0.650. The second-order valence-corrected chi connectivity index (χ2v) is 6.71. The number of carbonyl (C=O) groups excluding carboxylic acids is 2. The van der Waals surface area contributed by atoms with Gasteiger partial charge in [-0.1, -0.05) is 0 Å². The number of esters is 1. The molecular weight excluding hydrogens is 455 g/mol. The number of nitrogens with zero attached hydrogens (tertiary/aromatic N) is 1. The molecule has 1 N–H and O–H groups in total. The van der Waals surface area contributed by atoms with Crippen LogP contribution < -0.4 is 10.1 Å². The van der Waals surface area contributed by atoms with Gasteiger partial charge in [0.1, 0.15) is 0 Å². The highest BCUT2D eigenvalue weighted by molar-refractivity contribution is 14.1. The first-order valence-corrected chi connectivity index (χ1v) is 8.70. The van der Waals surface area contributed by atoms with E-state index in [0.29, 0.717) is 11.3 Å². The van der Waals surface area contributed by atoms with Crippen LogP contribution in [0.3, 0.4) is 0 Å². The van der Waals surface area contributed by atoms with Gasteiger partial charge >= 0.3 is 5.97 Å². The SMILES string of the molecule is O=C(OCCC1Oc2cc([N+](=O)[O-])ccc2NC1=O)c1ccc(I)cc1. The van der Waals surface area contributed by atoms with Crippen molar-refractivity contribution in [1.29, 1.82) is 0 Å². The largest absolute Gasteiger partial charge is 0.478 e. The number of anilines is 1. The summed E-state index contributed by atoms with van der Waals surface area (Å²) in [5.74, 6) is -0.668. The van der Waals surface area contributed by atoms with Gasteiger partial charge in [0.15, 0.2) is 11.9 Å². The maximum atomic E-state index is 12.0. The minimum atomic E-state index is -0.894. The van der Waals surface area contributed by atoms with Crippen molar-refractivity contribution in [2.75, 3.05) is 11.9 Å². The van der Waals surface area contributed by atoms with E-state index in [4.69, 9.17) is 9.47 Å². The number of fused-ring (bicyclic) bond motifs is 1. The first-order chi connectivity index (χ1) is 12.4. The Morgan fingerprint density at radius 2 is 2.00 bits per heavy atom. The molecule has 1 heterocycles. The third kappa shape index (κ3) is 4.10. The van der Waals surface area contributed by atoms with Crippen molar-refractivity contribution in [2.24, 2.45) is 0 Å². The van der Waals surface area contributed by atoms with Crippen molar-refractivity contribution in [3.8, 4) is 5.75 Å². The van der Waals surface area contributed by atoms with Gasteiger partial charge < -0.3 is 14.8 Å². The van der Waals surface area contributed by atoms with Gasteiger partial charge in [0.2, 0.25) is 0 Å². The number of halogens is 1. The zero-order valence-electron chi connectivity index (χ0n) is 13.3. The number of ether oxygens (including phenoxy) is 2. The molecule has 0 bridgehead atoms. The van der Waals surface area contributed by atoms with Crippen LogP contribution in [-0.2, 0) is 9.53 Å². The van der Waals surface area contributed by atoms with E-state index >= 15 is 0 Å². The van der Waals surface area contributed by atoms with E-state index in [1.54, 1.807) is 24.3 Å². The third-order valence-corrected chi connectivity index (χ3v) is 4.41. The molecule has 1 amide bonds. The Hall–Kier alpha value is -2.69. The van der Waals surface area contributed by atoms with Gasteiger partial charge in [-0.05, 0) is 52.9 Å². The van der Waals surface area contributed by atoms with Crippen LogP contribution in [0.5, 0.6) is 5.75 Å². The maximum absolute atomic E-state index is 12.0. The van der Waals surface area contributed by atoms with E-state index in [9.17, 15) is 19.7 Å². The summed E-state index contributed by atoms with van der Waals surface area (Å²) in [6, 6.07) is 10.8. The number of nitro benzene ring substituents is 1. The number of nitrogens with one attached hydrogen (secondary N) is 1. The molecule has 2 aromatic carbocycles. The fourth-order valence-corrected chi connectivity index (χ4v) is 2.72. The summed E-state index contributed by atoms with van der Waals surface area (Å²) in [6.07, 6.45) is -0.765. The lowest BCUT2D eigenvalue weighted by Gasteiger charge is -2.25. The monoisotopic (exact) mass is 468 g/mol. The molecule has 0 aromatic heterocycles. The molecule has 0 radical (unpaired) electrons. The van der Waals surface area contributed by atoms with Crippen LogP contribution in [0, 0.1) is 13.7 Å². The first kappa shape index (κ1) is 18.1. The standard InChI is InChI=1S/C17H13IN2O6/c18-11-3-1-10(2-4-11)17(22)25-8-7-14-16(21)19-13-6-5-12(20(23)24)9-15(13)26-14/h1-6,9,14H,7-8H2,(H,19,21). The van der Waals surface area contributed by atoms with Gasteiger partial charge in [0.05, 0.1) is 28.8 Å². The predicted octanol–water partition coefficient (Wildman–Crippen LogP) is 3.15. The number of amides is 1. The average molecular weight is 468 g/mol. The molecule has 0 saturated heterocycles. The summed E-state index contributed by atoms with van der Waals surface area (Å²) < 4.78 is 11.7. The number of rotatable bonds is 5. The molecule has 9 heteroatoms. The third-order valence-electron chi connectivity index (χ3n) is 3.69. The molecule has 1 atom stereocenters. The Kier molecular flexibility index (Phi) is 5.35. The second kappa shape index (κ2) is 7.68. The van der Waals surface area contributed by atoms with Crippen LogP contribution in [-0.4, -0.2) is 29.5 Å². The van der Waals surface area contributed by atoms with Gasteiger partial charge in [-0.2, -0.15) is 0 Å². The normalized spacial score (nSPS) is 15.4. The highest BCUT2D eigenvalue weighted by atomic mass is 127. The number of hydrogen-bond acceptors (Lipinski definition) is 6. The summed E-state index contributed by atoms with van der Waals surface area (Å²) in [6.45, 7) is -0.0207. The minimum Gasteiger partial charge on any atom is -0.478 e. The van der Waals surface area contributed by atoms with Crippen molar-refractivity contribution >= 4 is 45.8 Å². The number of benzene rings is 2. The Balaban J connectivity index is 1.59. The van der Waals surface area contributed by atoms with Crippen LogP contribution in [0.15, 0.2) is 42.5 Å². The summed E-state index contributed by atoms with van der Waals surface area (Å²) in [4.78, 5) is 34.3. The first-order valence-electron chi connectivity index (χ1n) is 7.62. The van der Waals surface area contributed by atoms with E-state index < -0.39 is 22.9 Å². The molecule has 0 spiro atoms. The zero-order chi connectivity index (χ0) is 18.7. The minimum absolute atomic E-state index is 0.0207. The van der Waals surface area contributed by atoms with Gasteiger partial charge in [0.25, 0.3) is 11.6 Å². The van der Waals surface area contributed by atoms with Crippen molar-refractivity contribution in [3.05, 3.63) is 61.7 Å². The molecule has 1 aliphatic heterocycles. The Bertz CT molecular complexity index is 868. The fourth-order valence-electron chi connectivity index (χ4n) is 2.36. The lowest BCUT2D eigenvalue weighted by molar-refractivity contribution is -0.384. The number of hydrogen-bond donors (Lipinski definition) is 1. The van der Waals surface area contributed by atoms with Crippen LogP contribution in [0.4, 0.5) is 11.4 Å². The fraction of sp³-hybridized carbons (Fsp3) is 0.176. The summed E-state index contributed by atoms with van der Waals surface area (Å²) >= 11 is 2.13. The molecule has 1 aliphatic rings. The van der Waals surface area contributed by atoms with E-state index in [0.717, 1.165) is 3.57 Å². The molecule has 0 saturated carbocycles. The second-order valence-electron chi connectivity index (χ2n) is 5.46. The quantitative estimate of drug-likeness (QED) is 0.313. The van der Waals surface area contributed by atoms with Crippen LogP contribution >= 0.6 is 22.6 Å². The van der Waals surface area contributed by atoms with E-state index in [-0.39, 0.29) is 24.5 Å². The summed E-state index contributed by atoms with van der Waals surface area (Å²) in [5, 5.41) is 13.5. The number of carbonyl (C=O) groups is 2. The molecule has 1 unspecified atom stereocenters. The van der Waals surface area contributed by atoms with Crippen LogP contribution in [0.1, 0.15) is 16.8 Å². The molecule has 8 nitrogen and oxygen atoms in total. The predicted molar refractivity (Wildman–Crippen MR) is 100 cm³/mol. The lowest BCUT2D eigenvalue weighted by Crippen LogP contribution is -2.38.